The van der Waals surface area contributed by atoms with Crippen molar-refractivity contribution in [2.45, 2.75) is 51.0 Å². The average Bonchev–Trinajstić information content (AvgIpc) is 2.76. The van der Waals surface area contributed by atoms with E-state index in [0.29, 0.717) is 37.1 Å². The lowest BCUT2D eigenvalue weighted by Crippen LogP contribution is -2.49. The predicted molar refractivity (Wildman–Crippen MR) is 120 cm³/mol. The zero-order valence-electron chi connectivity index (χ0n) is 18.1. The Morgan fingerprint density at radius 2 is 1.60 bits per heavy atom. The lowest BCUT2D eigenvalue weighted by molar-refractivity contribution is 0.383. The van der Waals surface area contributed by atoms with E-state index in [4.69, 9.17) is 0 Å². The zero-order valence-corrected chi connectivity index (χ0v) is 18.9. The first-order valence-corrected chi connectivity index (χ1v) is 12.2. The molecule has 3 heterocycles. The maximum Gasteiger partial charge on any atom is 0.243 e. The molecule has 4 rings (SSSR count). The van der Waals surface area contributed by atoms with E-state index < -0.39 is 10.0 Å². The summed E-state index contributed by atoms with van der Waals surface area (Å²) in [5.41, 5.74) is 1.74. The van der Waals surface area contributed by atoms with Crippen molar-refractivity contribution >= 4 is 21.7 Å². The van der Waals surface area contributed by atoms with E-state index in [0.717, 1.165) is 29.3 Å². The quantitative estimate of drug-likeness (QED) is 0.744. The van der Waals surface area contributed by atoms with Gasteiger partial charge < -0.3 is 9.80 Å². The van der Waals surface area contributed by atoms with E-state index in [1.165, 1.54) is 19.3 Å². The van der Waals surface area contributed by atoms with Crippen molar-refractivity contribution in [3.63, 3.8) is 0 Å². The van der Waals surface area contributed by atoms with Crippen LogP contribution in [0.2, 0.25) is 0 Å². The van der Waals surface area contributed by atoms with Gasteiger partial charge in [-0.3, -0.25) is 0 Å². The third-order valence-electron chi connectivity index (χ3n) is 6.26. The summed E-state index contributed by atoms with van der Waals surface area (Å²) in [4.78, 5) is 4.86. The highest BCUT2D eigenvalue weighted by molar-refractivity contribution is 7.89. The molecule has 0 aliphatic carbocycles. The average molecular weight is 430 g/mol. The molecule has 1 atom stereocenters. The summed E-state index contributed by atoms with van der Waals surface area (Å²) in [6.07, 6.45) is 3.67. The largest absolute Gasteiger partial charge is 0.352 e. The van der Waals surface area contributed by atoms with Crippen LogP contribution in [0.1, 0.15) is 37.3 Å². The van der Waals surface area contributed by atoms with Gasteiger partial charge in [-0.2, -0.15) is 4.31 Å². The van der Waals surface area contributed by atoms with Crippen LogP contribution < -0.4 is 9.80 Å². The lowest BCUT2D eigenvalue weighted by atomic mass is 10.0. The Morgan fingerprint density at radius 1 is 0.900 bits per heavy atom. The lowest BCUT2D eigenvalue weighted by Gasteiger charge is -2.36. The van der Waals surface area contributed by atoms with Crippen LogP contribution in [-0.4, -0.2) is 61.7 Å². The third kappa shape index (κ3) is 4.16. The molecule has 0 N–H and O–H groups in total. The molecule has 30 heavy (non-hydrogen) atoms. The molecular weight excluding hydrogens is 398 g/mol. The number of hydrogen-bond donors (Lipinski definition) is 0. The normalized spacial score (nSPS) is 21.1. The summed E-state index contributed by atoms with van der Waals surface area (Å²) in [6.45, 7) is 9.15. The van der Waals surface area contributed by atoms with Gasteiger partial charge in [0.05, 0.1) is 4.90 Å². The molecule has 2 saturated heterocycles. The summed E-state index contributed by atoms with van der Waals surface area (Å²) < 4.78 is 27.8. The smallest absolute Gasteiger partial charge is 0.243 e. The number of sulfonamides is 1. The maximum atomic E-state index is 13.1. The van der Waals surface area contributed by atoms with Gasteiger partial charge in [0.15, 0.2) is 11.6 Å². The van der Waals surface area contributed by atoms with Crippen molar-refractivity contribution in [3.05, 3.63) is 41.5 Å². The van der Waals surface area contributed by atoms with Crippen molar-refractivity contribution in [1.82, 2.24) is 14.5 Å². The highest BCUT2D eigenvalue weighted by Gasteiger charge is 2.30. The van der Waals surface area contributed by atoms with E-state index >= 15 is 0 Å². The number of piperazine rings is 1. The van der Waals surface area contributed by atoms with E-state index in [-0.39, 0.29) is 0 Å². The van der Waals surface area contributed by atoms with Gasteiger partial charge in [-0.15, -0.1) is 10.2 Å². The monoisotopic (exact) mass is 429 g/mol. The van der Waals surface area contributed by atoms with Gasteiger partial charge in [0.25, 0.3) is 0 Å². The molecule has 162 valence electrons. The molecule has 2 aliphatic heterocycles. The van der Waals surface area contributed by atoms with E-state index in [1.54, 1.807) is 10.4 Å². The van der Waals surface area contributed by atoms with Crippen LogP contribution in [0.25, 0.3) is 0 Å². The summed E-state index contributed by atoms with van der Waals surface area (Å²) in [7, 11) is -3.48. The molecule has 0 bridgehead atoms. The van der Waals surface area contributed by atoms with Gasteiger partial charge in [0.2, 0.25) is 10.0 Å². The minimum absolute atomic E-state index is 0.413. The molecule has 2 aromatic rings. The van der Waals surface area contributed by atoms with Crippen LogP contribution in [0.15, 0.2) is 35.2 Å². The number of aryl methyl sites for hydroxylation is 2. The molecule has 0 amide bonds. The molecule has 2 aliphatic rings. The van der Waals surface area contributed by atoms with Crippen LogP contribution in [-0.2, 0) is 10.0 Å². The number of nitrogens with zero attached hydrogens (tertiary/aromatic N) is 5. The van der Waals surface area contributed by atoms with Gasteiger partial charge in [0, 0.05) is 38.8 Å². The molecule has 8 heteroatoms. The number of rotatable bonds is 4. The Balaban J connectivity index is 1.42. The standard InChI is InChI=1S/C22H31N5O2S/c1-17-7-8-18(2)20(16-17)30(28,29)26-14-12-25(13-15-26)21-9-10-22(24-23-21)27-11-5-4-6-19(27)3/h7-10,16,19H,4-6,11-15H2,1-3H3. The van der Waals surface area contributed by atoms with Crippen molar-refractivity contribution < 1.29 is 8.42 Å². The summed E-state index contributed by atoms with van der Waals surface area (Å²) >= 11 is 0. The van der Waals surface area contributed by atoms with E-state index in [9.17, 15) is 8.42 Å². The van der Waals surface area contributed by atoms with Crippen LogP contribution in [0.5, 0.6) is 0 Å². The molecule has 0 spiro atoms. The van der Waals surface area contributed by atoms with Gasteiger partial charge in [-0.25, -0.2) is 8.42 Å². The SMILES string of the molecule is Cc1ccc(C)c(S(=O)(=O)N2CCN(c3ccc(N4CCCCC4C)nn3)CC2)c1. The number of aromatic nitrogens is 2. The number of anilines is 2. The fourth-order valence-electron chi connectivity index (χ4n) is 4.36. The Labute approximate surface area is 179 Å². The van der Waals surface area contributed by atoms with Crippen LogP contribution >= 0.6 is 0 Å². The fourth-order valence-corrected chi connectivity index (χ4v) is 6.09. The summed E-state index contributed by atoms with van der Waals surface area (Å²) in [6, 6.07) is 10.1. The fraction of sp³-hybridized carbons (Fsp3) is 0.545. The predicted octanol–water partition coefficient (Wildman–Crippen LogP) is 2.98. The third-order valence-corrected chi connectivity index (χ3v) is 8.30. The highest BCUT2D eigenvalue weighted by atomic mass is 32.2. The highest BCUT2D eigenvalue weighted by Crippen LogP contribution is 2.25. The number of hydrogen-bond acceptors (Lipinski definition) is 6. The molecular formula is C22H31N5O2S. The van der Waals surface area contributed by atoms with Crippen molar-refractivity contribution in [1.29, 1.82) is 0 Å². The summed E-state index contributed by atoms with van der Waals surface area (Å²) in [5, 5.41) is 8.92. The van der Waals surface area contributed by atoms with Gasteiger partial charge in [-0.1, -0.05) is 12.1 Å². The molecule has 7 nitrogen and oxygen atoms in total. The minimum Gasteiger partial charge on any atom is -0.352 e. The van der Waals surface area contributed by atoms with Gasteiger partial charge in [0.1, 0.15) is 0 Å². The molecule has 0 radical (unpaired) electrons. The second-order valence-corrected chi connectivity index (χ2v) is 10.4. The number of benzene rings is 1. The van der Waals surface area contributed by atoms with Crippen molar-refractivity contribution in [3.8, 4) is 0 Å². The topological polar surface area (TPSA) is 69.6 Å². The Bertz CT molecular complexity index is 985. The number of piperidine rings is 1. The van der Waals surface area contributed by atoms with Gasteiger partial charge in [-0.05, 0) is 69.4 Å². The van der Waals surface area contributed by atoms with E-state index in [2.05, 4.69) is 26.9 Å². The first kappa shape index (κ1) is 21.1. The summed E-state index contributed by atoms with van der Waals surface area (Å²) in [5.74, 6) is 1.74. The molecule has 2 fully saturated rings. The molecule has 1 aromatic carbocycles. The first-order chi connectivity index (χ1) is 14.4. The van der Waals surface area contributed by atoms with Crippen LogP contribution in [0, 0.1) is 13.8 Å². The Hall–Kier alpha value is -2.19. The van der Waals surface area contributed by atoms with Crippen LogP contribution in [0.3, 0.4) is 0 Å². The zero-order chi connectivity index (χ0) is 21.3. The van der Waals surface area contributed by atoms with Crippen LogP contribution in [0.4, 0.5) is 11.6 Å². The van der Waals surface area contributed by atoms with E-state index in [1.807, 2.05) is 38.1 Å². The second kappa shape index (κ2) is 8.51. The van der Waals surface area contributed by atoms with Gasteiger partial charge >= 0.3 is 0 Å². The Kier molecular flexibility index (Phi) is 5.97. The molecule has 1 unspecified atom stereocenters. The van der Waals surface area contributed by atoms with Crippen molar-refractivity contribution in [2.75, 3.05) is 42.5 Å². The minimum atomic E-state index is -3.48. The maximum absolute atomic E-state index is 13.1. The molecule has 1 aromatic heterocycles. The second-order valence-electron chi connectivity index (χ2n) is 8.45. The Morgan fingerprint density at radius 3 is 2.27 bits per heavy atom. The van der Waals surface area contributed by atoms with Crippen molar-refractivity contribution in [2.24, 2.45) is 0 Å². The molecule has 0 saturated carbocycles. The first-order valence-electron chi connectivity index (χ1n) is 10.8.